The highest BCUT2D eigenvalue weighted by atomic mass is 16.5. The second kappa shape index (κ2) is 8.57. The van der Waals surface area contributed by atoms with Gasteiger partial charge in [-0.1, -0.05) is 18.6 Å². The molecule has 3 aromatic rings. The fourth-order valence-corrected chi connectivity index (χ4v) is 3.86. The Bertz CT molecular complexity index is 957. The fraction of sp³-hybridized carbons (Fsp3) is 0.435. The number of likely N-dealkylation sites (tertiary alicyclic amines) is 1. The molecule has 2 heterocycles. The van der Waals surface area contributed by atoms with Crippen LogP contribution in [0.2, 0.25) is 0 Å². The lowest BCUT2D eigenvalue weighted by molar-refractivity contribution is 0.221. The van der Waals surface area contributed by atoms with Gasteiger partial charge in [0.25, 0.3) is 0 Å². The molecular weight excluding hydrogens is 338 g/mol. The number of fused-ring (bicyclic) bond motifs is 2. The van der Waals surface area contributed by atoms with Gasteiger partial charge in [0.05, 0.1) is 17.4 Å². The molecule has 1 aromatic heterocycles. The fourth-order valence-electron chi connectivity index (χ4n) is 3.86. The minimum Gasteiger partial charge on any atom is -0.494 e. The summed E-state index contributed by atoms with van der Waals surface area (Å²) in [6.45, 7) is 4.43. The number of ether oxygens (including phenoxy) is 1. The molecule has 0 bridgehead atoms. The van der Waals surface area contributed by atoms with Crippen LogP contribution in [0.3, 0.4) is 0 Å². The minimum atomic E-state index is -0.00108. The second-order valence-electron chi connectivity index (χ2n) is 7.40. The summed E-state index contributed by atoms with van der Waals surface area (Å²) in [6, 6.07) is 12.9. The van der Waals surface area contributed by atoms with E-state index < -0.39 is 0 Å². The van der Waals surface area contributed by atoms with Crippen molar-refractivity contribution in [1.29, 1.82) is 0 Å². The van der Waals surface area contributed by atoms with Crippen molar-refractivity contribution in [2.45, 2.75) is 38.5 Å². The van der Waals surface area contributed by atoms with Crippen molar-refractivity contribution in [3.8, 4) is 5.75 Å². The number of hydrogen-bond acceptors (Lipinski definition) is 4. The van der Waals surface area contributed by atoms with Gasteiger partial charge in [0.15, 0.2) is 0 Å². The predicted molar refractivity (Wildman–Crippen MR) is 110 cm³/mol. The first kappa shape index (κ1) is 18.1. The number of piperidine rings is 1. The van der Waals surface area contributed by atoms with E-state index in [0.29, 0.717) is 28.5 Å². The molecule has 0 unspecified atom stereocenters. The molecule has 0 amide bonds. The molecular formula is C23H27NO3. The van der Waals surface area contributed by atoms with Crippen LogP contribution in [0.4, 0.5) is 0 Å². The largest absolute Gasteiger partial charge is 0.494 e. The first-order valence-electron chi connectivity index (χ1n) is 10.1. The van der Waals surface area contributed by atoms with Crippen LogP contribution in [0, 0.1) is 0 Å². The standard InChI is InChI=1S/C23H27NO3/c25-23-19-9-3-4-10-21(19)27-22-12-11-18(17-20(22)23)26-16-8-2-7-15-24-13-5-1-6-14-24/h3-4,9-12,17H,1-2,5-8,13-16H2. The van der Waals surface area contributed by atoms with Gasteiger partial charge < -0.3 is 14.1 Å². The normalized spacial score (nSPS) is 15.4. The van der Waals surface area contributed by atoms with Gasteiger partial charge >= 0.3 is 0 Å². The van der Waals surface area contributed by atoms with Crippen LogP contribution in [0.15, 0.2) is 51.7 Å². The van der Waals surface area contributed by atoms with E-state index in [0.717, 1.165) is 12.2 Å². The number of para-hydroxylation sites is 1. The summed E-state index contributed by atoms with van der Waals surface area (Å²) in [5.41, 5.74) is 1.23. The first-order valence-corrected chi connectivity index (χ1v) is 10.1. The van der Waals surface area contributed by atoms with Crippen LogP contribution in [0.5, 0.6) is 5.75 Å². The van der Waals surface area contributed by atoms with Crippen LogP contribution >= 0.6 is 0 Å². The van der Waals surface area contributed by atoms with E-state index in [1.807, 2.05) is 30.3 Å². The van der Waals surface area contributed by atoms with E-state index in [1.165, 1.54) is 51.7 Å². The third kappa shape index (κ3) is 4.33. The maximum Gasteiger partial charge on any atom is 0.200 e. The van der Waals surface area contributed by atoms with E-state index in [4.69, 9.17) is 9.15 Å². The monoisotopic (exact) mass is 365 g/mol. The molecule has 0 aliphatic carbocycles. The number of hydrogen-bond donors (Lipinski definition) is 0. The summed E-state index contributed by atoms with van der Waals surface area (Å²) in [5, 5.41) is 1.19. The molecule has 0 saturated carbocycles. The minimum absolute atomic E-state index is 0.00108. The van der Waals surface area contributed by atoms with Crippen molar-refractivity contribution in [2.75, 3.05) is 26.2 Å². The predicted octanol–water partition coefficient (Wildman–Crippen LogP) is 4.98. The number of rotatable bonds is 7. The Hall–Kier alpha value is -2.33. The Morgan fingerprint density at radius 3 is 2.59 bits per heavy atom. The lowest BCUT2D eigenvalue weighted by Crippen LogP contribution is -2.30. The summed E-state index contributed by atoms with van der Waals surface area (Å²) in [6.07, 6.45) is 7.55. The van der Waals surface area contributed by atoms with Gasteiger partial charge in [0.2, 0.25) is 5.43 Å². The molecule has 4 nitrogen and oxygen atoms in total. The molecule has 4 heteroatoms. The zero-order valence-electron chi connectivity index (χ0n) is 15.8. The SMILES string of the molecule is O=c1c2ccccc2oc2ccc(OCCCCCN3CCCCC3)cc12. The summed E-state index contributed by atoms with van der Waals surface area (Å²) >= 11 is 0. The van der Waals surface area contributed by atoms with Crippen LogP contribution in [-0.2, 0) is 0 Å². The Kier molecular flexibility index (Phi) is 5.73. The van der Waals surface area contributed by atoms with E-state index in [9.17, 15) is 4.79 Å². The molecule has 0 radical (unpaired) electrons. The number of unbranched alkanes of at least 4 members (excludes halogenated alkanes) is 2. The molecule has 0 atom stereocenters. The highest BCUT2D eigenvalue weighted by Crippen LogP contribution is 2.22. The maximum atomic E-state index is 12.7. The summed E-state index contributed by atoms with van der Waals surface area (Å²) in [4.78, 5) is 15.3. The van der Waals surface area contributed by atoms with Crippen molar-refractivity contribution in [3.63, 3.8) is 0 Å². The highest BCUT2D eigenvalue weighted by Gasteiger charge is 2.10. The van der Waals surface area contributed by atoms with Crippen LogP contribution in [0.1, 0.15) is 38.5 Å². The summed E-state index contributed by atoms with van der Waals surface area (Å²) in [5.74, 6) is 0.737. The van der Waals surface area contributed by atoms with Crippen LogP contribution in [0.25, 0.3) is 21.9 Å². The summed E-state index contributed by atoms with van der Waals surface area (Å²) in [7, 11) is 0. The maximum absolute atomic E-state index is 12.7. The molecule has 4 rings (SSSR count). The van der Waals surface area contributed by atoms with Crippen molar-refractivity contribution in [3.05, 3.63) is 52.7 Å². The zero-order chi connectivity index (χ0) is 18.5. The van der Waals surface area contributed by atoms with Crippen LogP contribution in [-0.4, -0.2) is 31.1 Å². The third-order valence-electron chi connectivity index (χ3n) is 5.38. The average Bonchev–Trinajstić information content (AvgIpc) is 2.72. The van der Waals surface area contributed by atoms with Gasteiger partial charge in [0, 0.05) is 0 Å². The Balaban J connectivity index is 1.32. The molecule has 1 aliphatic heterocycles. The van der Waals surface area contributed by atoms with Gasteiger partial charge in [-0.3, -0.25) is 4.79 Å². The van der Waals surface area contributed by atoms with E-state index in [1.54, 1.807) is 12.1 Å². The van der Waals surface area contributed by atoms with Gasteiger partial charge in [-0.25, -0.2) is 0 Å². The van der Waals surface area contributed by atoms with E-state index in [2.05, 4.69) is 4.90 Å². The molecule has 1 aliphatic rings. The molecule has 1 saturated heterocycles. The molecule has 27 heavy (non-hydrogen) atoms. The topological polar surface area (TPSA) is 42.7 Å². The number of nitrogens with zero attached hydrogens (tertiary/aromatic N) is 1. The van der Waals surface area contributed by atoms with Crippen molar-refractivity contribution >= 4 is 21.9 Å². The van der Waals surface area contributed by atoms with Crippen molar-refractivity contribution in [2.24, 2.45) is 0 Å². The Morgan fingerprint density at radius 1 is 0.889 bits per heavy atom. The lowest BCUT2D eigenvalue weighted by atomic mass is 10.1. The first-order chi connectivity index (χ1) is 13.3. The third-order valence-corrected chi connectivity index (χ3v) is 5.38. The van der Waals surface area contributed by atoms with Crippen molar-refractivity contribution in [1.82, 2.24) is 4.90 Å². The molecule has 142 valence electrons. The molecule has 0 N–H and O–H groups in total. The van der Waals surface area contributed by atoms with Gasteiger partial charge in [-0.15, -0.1) is 0 Å². The van der Waals surface area contributed by atoms with Gasteiger partial charge in [-0.05, 0) is 82.1 Å². The molecule has 0 spiro atoms. The highest BCUT2D eigenvalue weighted by molar-refractivity contribution is 5.90. The quantitative estimate of drug-likeness (QED) is 0.437. The second-order valence-corrected chi connectivity index (χ2v) is 7.40. The molecule has 2 aromatic carbocycles. The van der Waals surface area contributed by atoms with Crippen LogP contribution < -0.4 is 10.2 Å². The summed E-state index contributed by atoms with van der Waals surface area (Å²) < 4.78 is 11.7. The Morgan fingerprint density at radius 2 is 1.70 bits per heavy atom. The lowest BCUT2D eigenvalue weighted by Gasteiger charge is -2.26. The number of benzene rings is 2. The van der Waals surface area contributed by atoms with Gasteiger partial charge in [0.1, 0.15) is 16.9 Å². The van der Waals surface area contributed by atoms with Gasteiger partial charge in [-0.2, -0.15) is 0 Å². The Labute approximate surface area is 159 Å². The van der Waals surface area contributed by atoms with Crippen molar-refractivity contribution < 1.29 is 9.15 Å². The molecule has 1 fully saturated rings. The van der Waals surface area contributed by atoms with E-state index in [-0.39, 0.29) is 5.43 Å². The van der Waals surface area contributed by atoms with E-state index >= 15 is 0 Å². The smallest absolute Gasteiger partial charge is 0.200 e. The zero-order valence-corrected chi connectivity index (χ0v) is 15.8. The average molecular weight is 365 g/mol.